The standard InChI is InChI=1S/C24H23N5O2S/c30-21(13-18-15-32-24-27-22-20(14-26-28-22)23(31)29(18)24)25-12-11-19(16-7-3-1-4-8-16)17-9-5-2-6-10-17/h1-10,14,18-19H,11-13,15H2,(H,25,30)(H,26,28). The first kappa shape index (κ1) is 20.5. The number of rotatable bonds is 7. The van der Waals surface area contributed by atoms with E-state index in [0.717, 1.165) is 6.42 Å². The number of benzene rings is 2. The molecule has 1 unspecified atom stereocenters. The highest BCUT2D eigenvalue weighted by Gasteiger charge is 2.28. The van der Waals surface area contributed by atoms with Gasteiger partial charge in [-0.15, -0.1) is 0 Å². The van der Waals surface area contributed by atoms with Gasteiger partial charge in [0.15, 0.2) is 10.8 Å². The summed E-state index contributed by atoms with van der Waals surface area (Å²) < 4.78 is 1.64. The first-order valence-corrected chi connectivity index (χ1v) is 11.6. The first-order valence-electron chi connectivity index (χ1n) is 10.7. The van der Waals surface area contributed by atoms with Gasteiger partial charge in [-0.2, -0.15) is 5.10 Å². The fourth-order valence-corrected chi connectivity index (χ4v) is 5.38. The van der Waals surface area contributed by atoms with Crippen molar-refractivity contribution in [3.05, 3.63) is 88.3 Å². The molecule has 8 heteroatoms. The van der Waals surface area contributed by atoms with E-state index in [1.54, 1.807) is 4.57 Å². The summed E-state index contributed by atoms with van der Waals surface area (Å²) in [6, 6.07) is 20.5. The largest absolute Gasteiger partial charge is 0.356 e. The van der Waals surface area contributed by atoms with Crippen molar-refractivity contribution in [2.24, 2.45) is 0 Å². The van der Waals surface area contributed by atoms with Crippen molar-refractivity contribution >= 4 is 28.7 Å². The van der Waals surface area contributed by atoms with Crippen molar-refractivity contribution in [3.63, 3.8) is 0 Å². The zero-order valence-corrected chi connectivity index (χ0v) is 18.2. The highest BCUT2D eigenvalue weighted by atomic mass is 32.2. The Balaban J connectivity index is 1.24. The second kappa shape index (κ2) is 9.00. The van der Waals surface area contributed by atoms with Gasteiger partial charge in [0.05, 0.1) is 12.2 Å². The van der Waals surface area contributed by atoms with Gasteiger partial charge < -0.3 is 5.32 Å². The maximum atomic E-state index is 12.8. The van der Waals surface area contributed by atoms with Crippen LogP contribution in [0.15, 0.2) is 76.8 Å². The number of hydrogen-bond acceptors (Lipinski definition) is 5. The van der Waals surface area contributed by atoms with Gasteiger partial charge in [0.2, 0.25) is 5.91 Å². The Kier molecular flexibility index (Phi) is 5.77. The van der Waals surface area contributed by atoms with E-state index in [1.807, 2.05) is 36.4 Å². The molecule has 7 nitrogen and oxygen atoms in total. The Hall–Kier alpha value is -3.39. The molecule has 162 valence electrons. The highest BCUT2D eigenvalue weighted by Crippen LogP contribution is 2.33. The molecule has 1 amide bonds. The van der Waals surface area contributed by atoms with Crippen molar-refractivity contribution in [2.45, 2.75) is 30.0 Å². The van der Waals surface area contributed by atoms with Crippen molar-refractivity contribution < 1.29 is 4.79 Å². The third-order valence-electron chi connectivity index (χ3n) is 5.83. The van der Waals surface area contributed by atoms with E-state index in [4.69, 9.17) is 0 Å². The van der Waals surface area contributed by atoms with Crippen LogP contribution in [0.2, 0.25) is 0 Å². The van der Waals surface area contributed by atoms with Gasteiger partial charge in [0.1, 0.15) is 5.39 Å². The van der Waals surface area contributed by atoms with Gasteiger partial charge in [-0.1, -0.05) is 72.4 Å². The SMILES string of the molecule is O=C(CC1CSc2nc3[nH]ncc3c(=O)n21)NCCC(c1ccccc1)c1ccccc1. The van der Waals surface area contributed by atoms with Gasteiger partial charge in [-0.25, -0.2) is 4.98 Å². The summed E-state index contributed by atoms with van der Waals surface area (Å²) >= 11 is 1.50. The van der Waals surface area contributed by atoms with Crippen LogP contribution in [-0.2, 0) is 4.79 Å². The average molecular weight is 446 g/mol. The molecule has 0 saturated heterocycles. The van der Waals surface area contributed by atoms with Crippen LogP contribution in [0.3, 0.4) is 0 Å². The lowest BCUT2D eigenvalue weighted by Gasteiger charge is -2.19. The lowest BCUT2D eigenvalue weighted by Crippen LogP contribution is -2.31. The van der Waals surface area contributed by atoms with Crippen LogP contribution >= 0.6 is 11.8 Å². The van der Waals surface area contributed by atoms with Crippen LogP contribution < -0.4 is 10.9 Å². The summed E-state index contributed by atoms with van der Waals surface area (Å²) in [4.78, 5) is 30.0. The van der Waals surface area contributed by atoms with Gasteiger partial charge in [-0.3, -0.25) is 19.3 Å². The number of thioether (sulfide) groups is 1. The molecule has 4 aromatic rings. The molecule has 0 spiro atoms. The molecular weight excluding hydrogens is 422 g/mol. The number of carbonyl (C=O) groups is 1. The molecule has 2 aromatic carbocycles. The Labute approximate surface area is 189 Å². The lowest BCUT2D eigenvalue weighted by molar-refractivity contribution is -0.121. The van der Waals surface area contributed by atoms with Crippen LogP contribution in [0, 0.1) is 0 Å². The van der Waals surface area contributed by atoms with Crippen molar-refractivity contribution in [2.75, 3.05) is 12.3 Å². The Bertz CT molecular complexity index is 1250. The molecule has 0 bridgehead atoms. The number of amides is 1. The predicted molar refractivity (Wildman–Crippen MR) is 125 cm³/mol. The fourth-order valence-electron chi connectivity index (χ4n) is 4.25. The van der Waals surface area contributed by atoms with E-state index >= 15 is 0 Å². The summed E-state index contributed by atoms with van der Waals surface area (Å²) in [5, 5.41) is 10.8. The molecule has 5 rings (SSSR count). The monoisotopic (exact) mass is 445 g/mol. The number of aromatic nitrogens is 4. The second-order valence-corrected chi connectivity index (χ2v) is 8.87. The normalized spacial score (nSPS) is 15.2. The zero-order chi connectivity index (χ0) is 21.9. The Morgan fingerprint density at radius 3 is 2.50 bits per heavy atom. The van der Waals surface area contributed by atoms with E-state index in [2.05, 4.69) is 44.8 Å². The molecule has 0 radical (unpaired) electrons. The second-order valence-electron chi connectivity index (χ2n) is 7.88. The van der Waals surface area contributed by atoms with Gasteiger partial charge >= 0.3 is 0 Å². The molecule has 3 heterocycles. The van der Waals surface area contributed by atoms with Crippen molar-refractivity contribution in [1.82, 2.24) is 25.1 Å². The van der Waals surface area contributed by atoms with Crippen LogP contribution in [0.5, 0.6) is 0 Å². The highest BCUT2D eigenvalue weighted by molar-refractivity contribution is 7.99. The third-order valence-corrected chi connectivity index (χ3v) is 6.93. The van der Waals surface area contributed by atoms with Crippen molar-refractivity contribution in [3.8, 4) is 0 Å². The Morgan fingerprint density at radius 2 is 1.81 bits per heavy atom. The molecule has 0 saturated carbocycles. The number of nitrogens with zero attached hydrogens (tertiary/aromatic N) is 3. The van der Waals surface area contributed by atoms with Gasteiger partial charge in [0.25, 0.3) is 5.56 Å². The fraction of sp³-hybridized carbons (Fsp3) is 0.250. The minimum atomic E-state index is -0.201. The molecule has 32 heavy (non-hydrogen) atoms. The molecule has 0 fully saturated rings. The van der Waals surface area contributed by atoms with Crippen LogP contribution in [0.4, 0.5) is 0 Å². The maximum Gasteiger partial charge on any atom is 0.265 e. The third kappa shape index (κ3) is 4.05. The number of fused-ring (bicyclic) bond motifs is 2. The molecule has 2 aromatic heterocycles. The molecule has 1 aliphatic rings. The van der Waals surface area contributed by atoms with Crippen molar-refractivity contribution in [1.29, 1.82) is 0 Å². The number of hydrogen-bond donors (Lipinski definition) is 2. The summed E-state index contributed by atoms with van der Waals surface area (Å²) in [5.41, 5.74) is 2.81. The summed E-state index contributed by atoms with van der Waals surface area (Å²) in [6.07, 6.45) is 2.55. The van der Waals surface area contributed by atoms with Crippen LogP contribution in [0.1, 0.15) is 35.9 Å². The number of nitrogens with one attached hydrogen (secondary N) is 2. The minimum Gasteiger partial charge on any atom is -0.356 e. The van der Waals surface area contributed by atoms with Crippen LogP contribution in [0.25, 0.3) is 11.0 Å². The summed E-state index contributed by atoms with van der Waals surface area (Å²) in [5.74, 6) is 0.816. The van der Waals surface area contributed by atoms with E-state index in [0.29, 0.717) is 28.5 Å². The smallest absolute Gasteiger partial charge is 0.265 e. The predicted octanol–water partition coefficient (Wildman–Crippen LogP) is 3.49. The quantitative estimate of drug-likeness (QED) is 0.425. The molecule has 0 aliphatic carbocycles. The number of carbonyl (C=O) groups excluding carboxylic acids is 1. The van der Waals surface area contributed by atoms with Gasteiger partial charge in [0, 0.05) is 24.6 Å². The molecule has 1 atom stereocenters. The molecule has 1 aliphatic heterocycles. The average Bonchev–Trinajstić information content (AvgIpc) is 3.46. The lowest BCUT2D eigenvalue weighted by atomic mass is 9.88. The van der Waals surface area contributed by atoms with Gasteiger partial charge in [-0.05, 0) is 17.5 Å². The van der Waals surface area contributed by atoms with Crippen LogP contribution in [-0.4, -0.2) is 38.0 Å². The van der Waals surface area contributed by atoms with E-state index in [9.17, 15) is 9.59 Å². The van der Waals surface area contributed by atoms with E-state index < -0.39 is 0 Å². The maximum absolute atomic E-state index is 12.8. The minimum absolute atomic E-state index is 0.0532. The summed E-state index contributed by atoms with van der Waals surface area (Å²) in [7, 11) is 0. The Morgan fingerprint density at radius 1 is 1.12 bits per heavy atom. The van der Waals surface area contributed by atoms with E-state index in [-0.39, 0.29) is 29.8 Å². The number of aromatic amines is 1. The zero-order valence-electron chi connectivity index (χ0n) is 17.4. The summed E-state index contributed by atoms with van der Waals surface area (Å²) in [6.45, 7) is 0.563. The molecular formula is C24H23N5O2S. The molecule has 2 N–H and O–H groups in total. The topological polar surface area (TPSA) is 92.7 Å². The van der Waals surface area contributed by atoms with E-state index in [1.165, 1.54) is 29.1 Å². The number of H-pyrrole nitrogens is 1. The first-order chi connectivity index (χ1) is 15.7.